The zero-order valence-electron chi connectivity index (χ0n) is 13.7. The van der Waals surface area contributed by atoms with Crippen LogP contribution in [0.25, 0.3) is 0 Å². The lowest BCUT2D eigenvalue weighted by Crippen LogP contribution is -2.44. The molecule has 1 saturated heterocycles. The zero-order valence-corrected chi connectivity index (χ0v) is 13.7. The van der Waals surface area contributed by atoms with Crippen molar-refractivity contribution in [3.05, 3.63) is 35.9 Å². The predicted octanol–water partition coefficient (Wildman–Crippen LogP) is 1.26. The van der Waals surface area contributed by atoms with E-state index in [2.05, 4.69) is 20.9 Å². The summed E-state index contributed by atoms with van der Waals surface area (Å²) >= 11 is 0. The number of hydrogen-bond acceptors (Lipinski definition) is 3. The number of carbonyl (C=O) groups is 2. The number of nitrogens with zero attached hydrogens (tertiary/aromatic N) is 1. The Hall–Kier alpha value is -2.08. The lowest BCUT2D eigenvalue weighted by Gasteiger charge is -2.19. The van der Waals surface area contributed by atoms with Crippen LogP contribution in [0, 0.1) is 0 Å². The molecule has 2 rings (SSSR count). The first-order valence-electron chi connectivity index (χ1n) is 8.24. The second-order valence-corrected chi connectivity index (χ2v) is 5.76. The van der Waals surface area contributed by atoms with Crippen LogP contribution in [0.4, 0.5) is 4.79 Å². The molecule has 6 nitrogen and oxygen atoms in total. The molecule has 126 valence electrons. The highest BCUT2D eigenvalue weighted by atomic mass is 16.2. The van der Waals surface area contributed by atoms with Crippen LogP contribution in [0.1, 0.15) is 30.9 Å². The van der Waals surface area contributed by atoms with Crippen LogP contribution in [0.5, 0.6) is 0 Å². The summed E-state index contributed by atoms with van der Waals surface area (Å²) in [4.78, 5) is 26.4. The molecule has 1 heterocycles. The average molecular weight is 318 g/mol. The van der Waals surface area contributed by atoms with Gasteiger partial charge in [0, 0.05) is 13.6 Å². The predicted molar refractivity (Wildman–Crippen MR) is 90.1 cm³/mol. The van der Waals surface area contributed by atoms with Crippen molar-refractivity contribution in [3.8, 4) is 0 Å². The summed E-state index contributed by atoms with van der Waals surface area (Å²) < 4.78 is 0. The maximum Gasteiger partial charge on any atom is 0.315 e. The van der Waals surface area contributed by atoms with Crippen LogP contribution in [-0.4, -0.2) is 50.1 Å². The van der Waals surface area contributed by atoms with E-state index in [-0.39, 0.29) is 11.9 Å². The topological polar surface area (TPSA) is 73.5 Å². The van der Waals surface area contributed by atoms with Gasteiger partial charge in [0.05, 0.1) is 0 Å². The summed E-state index contributed by atoms with van der Waals surface area (Å²) in [5, 5.41) is 8.15. The van der Waals surface area contributed by atoms with Gasteiger partial charge in [-0.15, -0.1) is 0 Å². The summed E-state index contributed by atoms with van der Waals surface area (Å²) in [7, 11) is 1.56. The summed E-state index contributed by atoms with van der Waals surface area (Å²) in [6, 6.07) is 8.23. The van der Waals surface area contributed by atoms with Gasteiger partial charge in [0.2, 0.25) is 5.91 Å². The minimum absolute atomic E-state index is 0.233. The summed E-state index contributed by atoms with van der Waals surface area (Å²) in [6.07, 6.45) is 3.47. The molecule has 3 amide bonds. The second kappa shape index (κ2) is 9.15. The van der Waals surface area contributed by atoms with Crippen molar-refractivity contribution in [1.29, 1.82) is 0 Å². The molecule has 0 radical (unpaired) electrons. The van der Waals surface area contributed by atoms with Crippen LogP contribution in [-0.2, 0) is 4.79 Å². The van der Waals surface area contributed by atoms with E-state index < -0.39 is 6.04 Å². The third kappa shape index (κ3) is 5.56. The van der Waals surface area contributed by atoms with Crippen LogP contribution >= 0.6 is 0 Å². The molecule has 23 heavy (non-hydrogen) atoms. The second-order valence-electron chi connectivity index (χ2n) is 5.76. The molecule has 6 heteroatoms. The first-order chi connectivity index (χ1) is 11.2. The van der Waals surface area contributed by atoms with Gasteiger partial charge in [-0.25, -0.2) is 4.79 Å². The van der Waals surface area contributed by atoms with Gasteiger partial charge in [0.1, 0.15) is 6.04 Å². The Kier molecular flexibility index (Phi) is 6.87. The Labute approximate surface area is 137 Å². The minimum atomic E-state index is -0.681. The molecule has 1 aromatic carbocycles. The fourth-order valence-electron chi connectivity index (χ4n) is 2.78. The highest BCUT2D eigenvalue weighted by molar-refractivity contribution is 5.87. The first kappa shape index (κ1) is 17.3. The van der Waals surface area contributed by atoms with Crippen molar-refractivity contribution in [2.75, 3.05) is 33.2 Å². The molecule has 0 aliphatic carbocycles. The Morgan fingerprint density at radius 2 is 1.87 bits per heavy atom. The lowest BCUT2D eigenvalue weighted by atomic mass is 10.1. The monoisotopic (exact) mass is 318 g/mol. The molecule has 1 aliphatic heterocycles. The molecule has 0 saturated carbocycles. The van der Waals surface area contributed by atoms with E-state index in [9.17, 15) is 9.59 Å². The van der Waals surface area contributed by atoms with Crippen LogP contribution in [0.15, 0.2) is 30.3 Å². The molecule has 1 aliphatic rings. The SMILES string of the molecule is CNC(=O)[C@@H](NC(=O)NCCCN1CCCC1)c1ccccc1. The molecular formula is C17H26N4O2. The van der Waals surface area contributed by atoms with Crippen molar-refractivity contribution in [3.63, 3.8) is 0 Å². The number of hydrogen-bond donors (Lipinski definition) is 3. The molecule has 0 bridgehead atoms. The number of benzene rings is 1. The maximum absolute atomic E-state index is 12.0. The van der Waals surface area contributed by atoms with E-state index in [1.807, 2.05) is 30.3 Å². The lowest BCUT2D eigenvalue weighted by molar-refractivity contribution is -0.122. The third-order valence-corrected chi connectivity index (χ3v) is 4.05. The van der Waals surface area contributed by atoms with Gasteiger partial charge in [-0.05, 0) is 44.5 Å². The van der Waals surface area contributed by atoms with E-state index in [1.165, 1.54) is 25.9 Å². The van der Waals surface area contributed by atoms with Crippen molar-refractivity contribution in [2.45, 2.75) is 25.3 Å². The van der Waals surface area contributed by atoms with Crippen LogP contribution in [0.2, 0.25) is 0 Å². The van der Waals surface area contributed by atoms with Crippen molar-refractivity contribution < 1.29 is 9.59 Å². The fourth-order valence-corrected chi connectivity index (χ4v) is 2.78. The molecule has 3 N–H and O–H groups in total. The maximum atomic E-state index is 12.0. The quantitative estimate of drug-likeness (QED) is 0.663. The molecule has 1 fully saturated rings. The summed E-state index contributed by atoms with van der Waals surface area (Å²) in [5.41, 5.74) is 0.763. The van der Waals surface area contributed by atoms with Gasteiger partial charge in [0.15, 0.2) is 0 Å². The Morgan fingerprint density at radius 3 is 2.52 bits per heavy atom. The zero-order chi connectivity index (χ0) is 16.5. The number of likely N-dealkylation sites (tertiary alicyclic amines) is 1. The number of likely N-dealkylation sites (N-methyl/N-ethyl adjacent to an activating group) is 1. The molecule has 1 aromatic rings. The van der Waals surface area contributed by atoms with Gasteiger partial charge in [-0.1, -0.05) is 30.3 Å². The van der Waals surface area contributed by atoms with Crippen molar-refractivity contribution in [1.82, 2.24) is 20.9 Å². The van der Waals surface area contributed by atoms with Crippen molar-refractivity contribution >= 4 is 11.9 Å². The van der Waals surface area contributed by atoms with Crippen molar-refractivity contribution in [2.24, 2.45) is 0 Å². The van der Waals surface area contributed by atoms with E-state index >= 15 is 0 Å². The Balaban J connectivity index is 1.77. The number of urea groups is 1. The van der Waals surface area contributed by atoms with Gasteiger partial charge < -0.3 is 20.9 Å². The number of rotatable bonds is 7. The van der Waals surface area contributed by atoms with Gasteiger partial charge in [-0.2, -0.15) is 0 Å². The molecule has 1 atom stereocenters. The molecule has 0 aromatic heterocycles. The molecular weight excluding hydrogens is 292 g/mol. The number of amides is 3. The molecule has 0 spiro atoms. The van der Waals surface area contributed by atoms with Gasteiger partial charge in [-0.3, -0.25) is 4.79 Å². The largest absolute Gasteiger partial charge is 0.357 e. The van der Waals surface area contributed by atoms with E-state index in [0.717, 1.165) is 18.5 Å². The van der Waals surface area contributed by atoms with Gasteiger partial charge in [0.25, 0.3) is 0 Å². The number of carbonyl (C=O) groups excluding carboxylic acids is 2. The smallest absolute Gasteiger partial charge is 0.315 e. The minimum Gasteiger partial charge on any atom is -0.357 e. The van der Waals surface area contributed by atoms with Crippen LogP contribution < -0.4 is 16.0 Å². The van der Waals surface area contributed by atoms with Crippen LogP contribution in [0.3, 0.4) is 0 Å². The van der Waals surface area contributed by atoms with E-state index in [1.54, 1.807) is 7.05 Å². The highest BCUT2D eigenvalue weighted by Crippen LogP contribution is 2.12. The Morgan fingerprint density at radius 1 is 1.17 bits per heavy atom. The fraction of sp³-hybridized carbons (Fsp3) is 0.529. The van der Waals surface area contributed by atoms with E-state index in [4.69, 9.17) is 0 Å². The molecule has 0 unspecified atom stereocenters. The highest BCUT2D eigenvalue weighted by Gasteiger charge is 2.21. The first-order valence-corrected chi connectivity index (χ1v) is 8.24. The summed E-state index contributed by atoms with van der Waals surface area (Å²) in [5.74, 6) is -0.233. The Bertz CT molecular complexity index is 501. The normalized spacial score (nSPS) is 15.9. The van der Waals surface area contributed by atoms with Gasteiger partial charge >= 0.3 is 6.03 Å². The third-order valence-electron chi connectivity index (χ3n) is 4.05. The summed E-state index contributed by atoms with van der Waals surface area (Å²) in [6.45, 7) is 3.95. The average Bonchev–Trinajstić information content (AvgIpc) is 3.10. The van der Waals surface area contributed by atoms with E-state index in [0.29, 0.717) is 6.54 Å². The standard InChI is InChI=1S/C17H26N4O2/c1-18-16(22)15(14-8-3-2-4-9-14)20-17(23)19-10-7-13-21-11-5-6-12-21/h2-4,8-9,15H,5-7,10-13H2,1H3,(H,18,22)(H2,19,20,23)/t15-/m0/s1. The number of nitrogens with one attached hydrogen (secondary N) is 3.